The van der Waals surface area contributed by atoms with E-state index in [-0.39, 0.29) is 12.6 Å². The first-order valence-electron chi connectivity index (χ1n) is 6.92. The zero-order valence-electron chi connectivity index (χ0n) is 11.9. The Morgan fingerprint density at radius 2 is 2.19 bits per heavy atom. The van der Waals surface area contributed by atoms with E-state index >= 15 is 0 Å². The average Bonchev–Trinajstić information content (AvgIpc) is 3.01. The van der Waals surface area contributed by atoms with Gasteiger partial charge >= 0.3 is 0 Å². The summed E-state index contributed by atoms with van der Waals surface area (Å²) in [4.78, 5) is 3.21. The number of likely N-dealkylation sites (tertiary alicyclic amines) is 1. The van der Waals surface area contributed by atoms with Crippen LogP contribution in [0, 0.1) is 0 Å². The minimum Gasteiger partial charge on any atom is -0.326 e. The minimum absolute atomic E-state index is 0.0238. The molecule has 0 amide bonds. The Morgan fingerprint density at radius 3 is 2.86 bits per heavy atom. The second kappa shape index (κ2) is 5.66. The molecule has 0 radical (unpaired) electrons. The van der Waals surface area contributed by atoms with Crippen LogP contribution < -0.4 is 10.5 Å². The number of nitrogens with zero attached hydrogens (tertiary/aromatic N) is 1. The van der Waals surface area contributed by atoms with Crippen LogP contribution in [0.4, 0.5) is 0 Å². The summed E-state index contributed by atoms with van der Waals surface area (Å²) in [6.45, 7) is 1.90. The first-order chi connectivity index (χ1) is 10.0. The van der Waals surface area contributed by atoms with Gasteiger partial charge in [-0.15, -0.1) is 11.3 Å². The summed E-state index contributed by atoms with van der Waals surface area (Å²) in [5, 5.41) is 0.766. The molecule has 3 N–H and O–H groups in total. The van der Waals surface area contributed by atoms with Crippen LogP contribution in [0.3, 0.4) is 0 Å². The van der Waals surface area contributed by atoms with E-state index in [4.69, 9.17) is 5.73 Å². The normalized spacial score (nSPS) is 20.4. The van der Waals surface area contributed by atoms with Crippen LogP contribution in [-0.4, -0.2) is 39.5 Å². The van der Waals surface area contributed by atoms with Crippen LogP contribution in [0.5, 0.6) is 0 Å². The summed E-state index contributed by atoms with van der Waals surface area (Å²) < 4.78 is 29.3. The van der Waals surface area contributed by atoms with Crippen molar-refractivity contribution in [1.82, 2.24) is 9.62 Å². The lowest BCUT2D eigenvalue weighted by molar-refractivity contribution is 0.407. The molecule has 1 aromatic heterocycles. The second-order valence-electron chi connectivity index (χ2n) is 5.42. The smallest absolute Gasteiger partial charge is 0.242 e. The third-order valence-corrected chi connectivity index (χ3v) is 6.76. The maximum absolute atomic E-state index is 12.8. The summed E-state index contributed by atoms with van der Waals surface area (Å²) >= 11 is 1.45. The lowest BCUT2D eigenvalue weighted by Crippen LogP contribution is -2.36. The third kappa shape index (κ3) is 2.84. The van der Waals surface area contributed by atoms with Crippen LogP contribution >= 0.6 is 11.3 Å². The van der Waals surface area contributed by atoms with Gasteiger partial charge in [-0.05, 0) is 26.1 Å². The molecule has 1 aliphatic heterocycles. The van der Waals surface area contributed by atoms with Gasteiger partial charge in [-0.3, -0.25) is 0 Å². The Kier molecular flexibility index (Phi) is 4.02. The standard InChI is InChI=1S/C14H19N3O2S2/c1-17-7-6-10(9-17)16-21(18,19)14-11-4-2-3-5-12(11)20-13(14)8-15/h2-5,10,16H,6-9,15H2,1H3. The Morgan fingerprint density at radius 1 is 1.43 bits per heavy atom. The number of fused-ring (bicyclic) bond motifs is 1. The number of thiophene rings is 1. The maximum atomic E-state index is 12.8. The Bertz CT molecular complexity index is 755. The van der Waals surface area contributed by atoms with E-state index in [0.29, 0.717) is 4.90 Å². The monoisotopic (exact) mass is 325 g/mol. The highest BCUT2D eigenvalue weighted by molar-refractivity contribution is 7.90. The molecule has 114 valence electrons. The Balaban J connectivity index is 2.01. The highest BCUT2D eigenvalue weighted by atomic mass is 32.2. The molecule has 2 heterocycles. The maximum Gasteiger partial charge on any atom is 0.242 e. The van der Waals surface area contributed by atoms with Crippen molar-refractivity contribution in [3.8, 4) is 0 Å². The Labute approximate surface area is 128 Å². The van der Waals surface area contributed by atoms with Crippen LogP contribution in [-0.2, 0) is 16.6 Å². The lowest BCUT2D eigenvalue weighted by atomic mass is 10.2. The van der Waals surface area contributed by atoms with Gasteiger partial charge < -0.3 is 10.6 Å². The van der Waals surface area contributed by atoms with E-state index in [9.17, 15) is 8.42 Å². The van der Waals surface area contributed by atoms with E-state index < -0.39 is 10.0 Å². The van der Waals surface area contributed by atoms with E-state index in [1.54, 1.807) is 0 Å². The molecule has 1 aliphatic rings. The fourth-order valence-corrected chi connectivity index (χ4v) is 5.91. The van der Waals surface area contributed by atoms with Crippen molar-refractivity contribution in [3.63, 3.8) is 0 Å². The zero-order chi connectivity index (χ0) is 15.0. The van der Waals surface area contributed by atoms with Gasteiger partial charge in [0.05, 0.1) is 0 Å². The fourth-order valence-electron chi connectivity index (χ4n) is 2.81. The van der Waals surface area contributed by atoms with Crippen LogP contribution in [0.2, 0.25) is 0 Å². The summed E-state index contributed by atoms with van der Waals surface area (Å²) in [6, 6.07) is 7.53. The van der Waals surface area contributed by atoms with E-state index in [1.807, 2.05) is 31.3 Å². The Hall–Kier alpha value is -0.990. The molecule has 2 aromatic rings. The van der Waals surface area contributed by atoms with Crippen molar-refractivity contribution >= 4 is 31.4 Å². The first kappa shape index (κ1) is 14.9. The molecule has 0 bridgehead atoms. The van der Waals surface area contributed by atoms with E-state index in [0.717, 1.165) is 34.5 Å². The molecule has 3 rings (SSSR count). The number of benzene rings is 1. The van der Waals surface area contributed by atoms with Gasteiger partial charge in [-0.25, -0.2) is 13.1 Å². The summed E-state index contributed by atoms with van der Waals surface area (Å²) in [5.74, 6) is 0. The molecule has 7 heteroatoms. The molecule has 5 nitrogen and oxygen atoms in total. The number of nitrogens with one attached hydrogen (secondary N) is 1. The number of likely N-dealkylation sites (N-methyl/N-ethyl adjacent to an activating group) is 1. The molecule has 21 heavy (non-hydrogen) atoms. The van der Waals surface area contributed by atoms with Crippen molar-refractivity contribution in [2.24, 2.45) is 5.73 Å². The molecule has 1 unspecified atom stereocenters. The van der Waals surface area contributed by atoms with Crippen molar-refractivity contribution in [3.05, 3.63) is 29.1 Å². The molecule has 0 spiro atoms. The van der Waals surface area contributed by atoms with Crippen molar-refractivity contribution in [2.75, 3.05) is 20.1 Å². The van der Waals surface area contributed by atoms with Crippen LogP contribution in [0.1, 0.15) is 11.3 Å². The summed E-state index contributed by atoms with van der Waals surface area (Å²) in [7, 11) is -1.54. The second-order valence-corrected chi connectivity index (χ2v) is 8.21. The van der Waals surface area contributed by atoms with Gasteiger partial charge in [0, 0.05) is 34.1 Å². The highest BCUT2D eigenvalue weighted by Gasteiger charge is 2.29. The number of rotatable bonds is 4. The predicted molar refractivity (Wildman–Crippen MR) is 85.9 cm³/mol. The molecule has 1 atom stereocenters. The molecular formula is C14H19N3O2S2. The van der Waals surface area contributed by atoms with Gasteiger partial charge in [0.1, 0.15) is 4.90 Å². The molecule has 1 saturated heterocycles. The van der Waals surface area contributed by atoms with Gasteiger partial charge in [-0.1, -0.05) is 18.2 Å². The zero-order valence-corrected chi connectivity index (χ0v) is 13.5. The molecule has 1 aromatic carbocycles. The van der Waals surface area contributed by atoms with Crippen LogP contribution in [0.25, 0.3) is 10.1 Å². The highest BCUT2D eigenvalue weighted by Crippen LogP contribution is 2.34. The lowest BCUT2D eigenvalue weighted by Gasteiger charge is -2.14. The molecular weight excluding hydrogens is 306 g/mol. The van der Waals surface area contributed by atoms with E-state index in [2.05, 4.69) is 9.62 Å². The SMILES string of the molecule is CN1CCC(NS(=O)(=O)c2c(CN)sc3ccccc23)C1. The molecule has 1 fully saturated rings. The first-order valence-corrected chi connectivity index (χ1v) is 9.22. The number of sulfonamides is 1. The van der Waals surface area contributed by atoms with Gasteiger partial charge in [0.2, 0.25) is 10.0 Å². The van der Waals surface area contributed by atoms with Crippen molar-refractivity contribution in [1.29, 1.82) is 0 Å². The molecule has 0 saturated carbocycles. The summed E-state index contributed by atoms with van der Waals surface area (Å²) in [5.41, 5.74) is 5.75. The number of hydrogen-bond donors (Lipinski definition) is 2. The van der Waals surface area contributed by atoms with Gasteiger partial charge in [0.15, 0.2) is 0 Å². The van der Waals surface area contributed by atoms with Crippen LogP contribution in [0.15, 0.2) is 29.2 Å². The van der Waals surface area contributed by atoms with Crippen molar-refractivity contribution < 1.29 is 8.42 Å². The topological polar surface area (TPSA) is 75.4 Å². The molecule has 0 aliphatic carbocycles. The summed E-state index contributed by atoms with van der Waals surface area (Å²) in [6.07, 6.45) is 0.843. The minimum atomic E-state index is -3.54. The number of nitrogens with two attached hydrogens (primary N) is 1. The van der Waals surface area contributed by atoms with E-state index in [1.165, 1.54) is 11.3 Å². The van der Waals surface area contributed by atoms with Gasteiger partial charge in [0.25, 0.3) is 0 Å². The fraction of sp³-hybridized carbons (Fsp3) is 0.429. The average molecular weight is 325 g/mol. The quantitative estimate of drug-likeness (QED) is 0.889. The van der Waals surface area contributed by atoms with Gasteiger partial charge in [-0.2, -0.15) is 0 Å². The third-order valence-electron chi connectivity index (χ3n) is 3.79. The predicted octanol–water partition coefficient (Wildman–Crippen LogP) is 1.34. The largest absolute Gasteiger partial charge is 0.326 e. The van der Waals surface area contributed by atoms with Crippen molar-refractivity contribution in [2.45, 2.75) is 23.9 Å². The number of hydrogen-bond acceptors (Lipinski definition) is 5.